The highest BCUT2D eigenvalue weighted by Crippen LogP contribution is 2.37. The topological polar surface area (TPSA) is 104 Å². The van der Waals surface area contributed by atoms with Gasteiger partial charge in [-0.05, 0) is 100 Å². The van der Waals surface area contributed by atoms with Gasteiger partial charge in [-0.1, -0.05) is 72.8 Å². The summed E-state index contributed by atoms with van der Waals surface area (Å²) in [7, 11) is 7.84. The van der Waals surface area contributed by atoms with Crippen molar-refractivity contribution >= 4 is 33.9 Å². The van der Waals surface area contributed by atoms with Gasteiger partial charge in [-0.2, -0.15) is 0 Å². The van der Waals surface area contributed by atoms with Crippen molar-refractivity contribution in [2.45, 2.75) is 49.9 Å². The molecule has 0 spiro atoms. The van der Waals surface area contributed by atoms with Gasteiger partial charge in [0.1, 0.15) is 23.7 Å². The normalized spacial score (nSPS) is 19.0. The van der Waals surface area contributed by atoms with E-state index in [2.05, 4.69) is 46.4 Å². The monoisotopic (exact) mass is 694 g/mol. The summed E-state index contributed by atoms with van der Waals surface area (Å²) in [6.45, 7) is 1.43. The summed E-state index contributed by atoms with van der Waals surface area (Å²) in [5, 5.41) is 0. The first-order valence-electron chi connectivity index (χ1n) is 18.3. The van der Waals surface area contributed by atoms with E-state index in [-0.39, 0.29) is 36.0 Å². The molecule has 0 unspecified atom stereocenters. The number of likely N-dealkylation sites (N-methyl/N-ethyl adjacent to an activating group) is 2. The Morgan fingerprint density at radius 1 is 0.615 bits per heavy atom. The van der Waals surface area contributed by atoms with E-state index in [4.69, 9.17) is 9.97 Å². The van der Waals surface area contributed by atoms with Gasteiger partial charge in [0.15, 0.2) is 0 Å². The smallest absolute Gasteiger partial charge is 0.245 e. The maximum atomic E-state index is 14.0. The summed E-state index contributed by atoms with van der Waals surface area (Å²) in [5.41, 5.74) is 7.74. The molecular weight excluding hydrogens is 649 g/mol. The van der Waals surface area contributed by atoms with Crippen LogP contribution in [0.2, 0.25) is 0 Å². The number of likely N-dealkylation sites (tertiary alicyclic amines) is 2. The molecule has 4 atom stereocenters. The van der Waals surface area contributed by atoms with Crippen LogP contribution in [0.5, 0.6) is 0 Å². The van der Waals surface area contributed by atoms with Crippen LogP contribution in [0.25, 0.3) is 33.2 Å². The highest BCUT2D eigenvalue weighted by atomic mass is 16.2. The minimum Gasteiger partial charge on any atom is -0.340 e. The van der Waals surface area contributed by atoms with Crippen LogP contribution in [0.15, 0.2) is 97.1 Å². The number of carbonyl (C=O) groups excluding carboxylic acids is 2. The highest BCUT2D eigenvalue weighted by Gasteiger charge is 2.38. The molecule has 2 N–H and O–H groups in total. The van der Waals surface area contributed by atoms with Gasteiger partial charge in [-0.15, -0.1) is 0 Å². The molecule has 4 heterocycles. The first kappa shape index (κ1) is 33.8. The molecule has 8 rings (SSSR count). The van der Waals surface area contributed by atoms with E-state index in [0.717, 1.165) is 81.7 Å². The standard InChI is InChI=1S/C42H46N8O2/c1-47(2)37(27-13-7-5-8-14-27)41(51)49-23-11-17-35(49)39-43-31-21-19-29(25-33(31)45-39)30-20-22-32-34(26-30)46-40(44-32)36-18-12-24-50(36)42(52)38(48(3)4)28-15-9-6-10-16-28/h5-10,13-16,19-22,25-26,35-38H,11-12,17-18,23-24H2,1-4H3,(H,43,45)(H,44,46)/t35-,36-,37+,38+/m0/s1. The Morgan fingerprint density at radius 3 is 1.63 bits per heavy atom. The van der Waals surface area contributed by atoms with E-state index >= 15 is 0 Å². The van der Waals surface area contributed by atoms with Crippen molar-refractivity contribution in [3.63, 3.8) is 0 Å². The first-order valence-corrected chi connectivity index (χ1v) is 18.3. The number of benzene rings is 4. The number of hydrogen-bond donors (Lipinski definition) is 2. The number of rotatable bonds is 9. The van der Waals surface area contributed by atoms with E-state index in [1.54, 1.807) is 0 Å². The lowest BCUT2D eigenvalue weighted by atomic mass is 10.0. The number of imidazole rings is 2. The molecule has 10 heteroatoms. The fraction of sp³-hybridized carbons (Fsp3) is 0.333. The van der Waals surface area contributed by atoms with Gasteiger partial charge >= 0.3 is 0 Å². The fourth-order valence-corrected chi connectivity index (χ4v) is 8.27. The minimum atomic E-state index is -0.350. The molecular formula is C42H46N8O2. The maximum absolute atomic E-state index is 14.0. The van der Waals surface area contributed by atoms with Crippen LogP contribution in [-0.2, 0) is 9.59 Å². The van der Waals surface area contributed by atoms with Gasteiger partial charge in [0, 0.05) is 13.1 Å². The summed E-state index contributed by atoms with van der Waals surface area (Å²) in [4.78, 5) is 53.2. The van der Waals surface area contributed by atoms with E-state index in [0.29, 0.717) is 13.1 Å². The molecule has 52 heavy (non-hydrogen) atoms. The third-order valence-electron chi connectivity index (χ3n) is 10.8. The summed E-state index contributed by atoms with van der Waals surface area (Å²) in [6.07, 6.45) is 3.63. The Kier molecular flexibility index (Phi) is 9.11. The number of aromatic amines is 2. The second kappa shape index (κ2) is 14.0. The zero-order valence-corrected chi connectivity index (χ0v) is 30.3. The van der Waals surface area contributed by atoms with Crippen molar-refractivity contribution in [2.24, 2.45) is 0 Å². The van der Waals surface area contributed by atoms with E-state index in [9.17, 15) is 9.59 Å². The second-order valence-electron chi connectivity index (χ2n) is 14.6. The Bertz CT molecular complexity index is 2050. The summed E-state index contributed by atoms with van der Waals surface area (Å²) in [5.74, 6) is 1.86. The molecule has 2 amide bonds. The number of carbonyl (C=O) groups is 2. The average molecular weight is 695 g/mol. The predicted molar refractivity (Wildman–Crippen MR) is 204 cm³/mol. The number of nitrogens with one attached hydrogen (secondary N) is 2. The van der Waals surface area contributed by atoms with E-state index < -0.39 is 0 Å². The van der Waals surface area contributed by atoms with Crippen LogP contribution in [0, 0.1) is 0 Å². The lowest BCUT2D eigenvalue weighted by molar-refractivity contribution is -0.138. The Labute approximate surface area is 304 Å². The van der Waals surface area contributed by atoms with Crippen LogP contribution in [-0.4, -0.2) is 92.6 Å². The van der Waals surface area contributed by atoms with E-state index in [1.165, 1.54) is 0 Å². The molecule has 2 aliphatic heterocycles. The molecule has 0 radical (unpaired) electrons. The molecule has 0 aliphatic carbocycles. The maximum Gasteiger partial charge on any atom is 0.245 e. The number of H-pyrrole nitrogens is 2. The summed E-state index contributed by atoms with van der Waals surface area (Å²) in [6, 6.07) is 31.7. The molecule has 2 aliphatic rings. The predicted octanol–water partition coefficient (Wildman–Crippen LogP) is 7.04. The molecule has 10 nitrogen and oxygen atoms in total. The number of amides is 2. The van der Waals surface area contributed by atoms with Crippen molar-refractivity contribution in [3.8, 4) is 11.1 Å². The van der Waals surface area contributed by atoms with Gasteiger partial charge in [0.25, 0.3) is 0 Å². The zero-order chi connectivity index (χ0) is 35.9. The minimum absolute atomic E-state index is 0.1000. The van der Waals surface area contributed by atoms with Crippen molar-refractivity contribution < 1.29 is 9.59 Å². The number of hydrogen-bond acceptors (Lipinski definition) is 6. The zero-order valence-electron chi connectivity index (χ0n) is 30.3. The van der Waals surface area contributed by atoms with Crippen LogP contribution in [0.3, 0.4) is 0 Å². The number of aromatic nitrogens is 4. The second-order valence-corrected chi connectivity index (χ2v) is 14.6. The fourth-order valence-electron chi connectivity index (χ4n) is 8.27. The van der Waals surface area contributed by atoms with Crippen molar-refractivity contribution in [3.05, 3.63) is 120 Å². The van der Waals surface area contributed by atoms with E-state index in [1.807, 2.05) is 108 Å². The SMILES string of the molecule is CN(C)[C@@H](C(=O)N1CCC[C@H]1c1nc2cc(-c3ccc4nc([C@@H]5CCCN5C(=O)[C@@H](c5ccccc5)N(C)C)[nH]c4c3)ccc2[nH]1)c1ccccc1. The van der Waals surface area contributed by atoms with Gasteiger partial charge in [-0.25, -0.2) is 9.97 Å². The summed E-state index contributed by atoms with van der Waals surface area (Å²) >= 11 is 0. The quantitative estimate of drug-likeness (QED) is 0.168. The average Bonchev–Trinajstić information content (AvgIpc) is 3.97. The first-order chi connectivity index (χ1) is 25.3. The van der Waals surface area contributed by atoms with Crippen molar-refractivity contribution in [1.29, 1.82) is 0 Å². The summed E-state index contributed by atoms with van der Waals surface area (Å²) < 4.78 is 0. The Morgan fingerprint density at radius 2 is 1.10 bits per heavy atom. The van der Waals surface area contributed by atoms with Crippen LogP contribution in [0.4, 0.5) is 0 Å². The van der Waals surface area contributed by atoms with Gasteiger partial charge in [0.05, 0.1) is 34.2 Å². The van der Waals surface area contributed by atoms with Crippen LogP contribution >= 0.6 is 0 Å². The lowest BCUT2D eigenvalue weighted by Gasteiger charge is -2.31. The third kappa shape index (κ3) is 6.26. The molecule has 0 saturated carbocycles. The Hall–Kier alpha value is -5.32. The molecule has 266 valence electrons. The molecule has 0 bridgehead atoms. The molecule has 2 fully saturated rings. The van der Waals surface area contributed by atoms with Gasteiger partial charge < -0.3 is 19.8 Å². The molecule has 4 aromatic carbocycles. The highest BCUT2D eigenvalue weighted by molar-refractivity contribution is 5.88. The number of nitrogens with zero attached hydrogens (tertiary/aromatic N) is 6. The lowest BCUT2D eigenvalue weighted by Crippen LogP contribution is -2.40. The Balaban J connectivity index is 1.03. The van der Waals surface area contributed by atoms with Gasteiger partial charge in [0.2, 0.25) is 11.8 Å². The molecule has 6 aromatic rings. The third-order valence-corrected chi connectivity index (χ3v) is 10.8. The molecule has 2 aromatic heterocycles. The van der Waals surface area contributed by atoms with Crippen molar-refractivity contribution in [2.75, 3.05) is 41.3 Å². The van der Waals surface area contributed by atoms with Crippen LogP contribution in [0.1, 0.15) is 72.6 Å². The largest absolute Gasteiger partial charge is 0.340 e. The van der Waals surface area contributed by atoms with Crippen LogP contribution < -0.4 is 0 Å². The van der Waals surface area contributed by atoms with Gasteiger partial charge in [-0.3, -0.25) is 19.4 Å². The van der Waals surface area contributed by atoms with Crippen molar-refractivity contribution in [1.82, 2.24) is 39.5 Å². The molecule has 2 saturated heterocycles. The number of fused-ring (bicyclic) bond motifs is 2.